The van der Waals surface area contributed by atoms with Crippen LogP contribution in [0.15, 0.2) is 36.4 Å². The molecule has 2 aromatic carbocycles. The van der Waals surface area contributed by atoms with Crippen molar-refractivity contribution < 1.29 is 57.3 Å². The topological polar surface area (TPSA) is 180 Å². The van der Waals surface area contributed by atoms with Crippen molar-refractivity contribution in [3.05, 3.63) is 58.7 Å². The predicted molar refractivity (Wildman–Crippen MR) is 145 cm³/mol. The molecule has 0 bridgehead atoms. The summed E-state index contributed by atoms with van der Waals surface area (Å²) in [6, 6.07) is 6.37. The van der Waals surface area contributed by atoms with Crippen molar-refractivity contribution in [1.29, 1.82) is 0 Å². The molecule has 4 rings (SSSR count). The van der Waals surface area contributed by atoms with Gasteiger partial charge in [-0.2, -0.15) is 0 Å². The Labute approximate surface area is 252 Å². The molecule has 224 valence electrons. The average molecular weight is 635 g/mol. The highest BCUT2D eigenvalue weighted by Gasteiger charge is 2.74. The lowest BCUT2D eigenvalue weighted by Gasteiger charge is -2.23. The van der Waals surface area contributed by atoms with E-state index in [2.05, 4.69) is 18.9 Å². The SMILES string of the molecule is COC(=O)c1ccc(N2C(=O)C(Cl)C3(C2=O)C(=O)N(c2ccc(C(=O)OC)c(C(=O)OC)c2)C(=O)[C@@H]3Cl)cc1C(=O)OC. The van der Waals surface area contributed by atoms with E-state index in [9.17, 15) is 38.4 Å². The molecule has 2 fully saturated rings. The number of carbonyl (C=O) groups is 8. The lowest BCUT2D eigenvalue weighted by atomic mass is 9.83. The van der Waals surface area contributed by atoms with Crippen LogP contribution >= 0.6 is 23.2 Å². The summed E-state index contributed by atoms with van der Waals surface area (Å²) in [6.07, 6.45) is 0. The van der Waals surface area contributed by atoms with E-state index in [4.69, 9.17) is 23.2 Å². The summed E-state index contributed by atoms with van der Waals surface area (Å²) in [5.74, 6) is -8.76. The van der Waals surface area contributed by atoms with Crippen molar-refractivity contribution in [3.63, 3.8) is 0 Å². The third-order valence-corrected chi connectivity index (χ3v) is 7.99. The van der Waals surface area contributed by atoms with Crippen LogP contribution in [0.4, 0.5) is 11.4 Å². The van der Waals surface area contributed by atoms with E-state index in [0.717, 1.165) is 64.8 Å². The number of imide groups is 2. The van der Waals surface area contributed by atoms with Crippen molar-refractivity contribution in [2.45, 2.75) is 10.8 Å². The van der Waals surface area contributed by atoms with Crippen LogP contribution in [0.1, 0.15) is 41.4 Å². The summed E-state index contributed by atoms with van der Waals surface area (Å²) < 4.78 is 18.7. The Bertz CT molecular complexity index is 1520. The van der Waals surface area contributed by atoms with Gasteiger partial charge in [-0.05, 0) is 36.4 Å². The van der Waals surface area contributed by atoms with Gasteiger partial charge in [0.1, 0.15) is 10.8 Å². The molecule has 2 unspecified atom stereocenters. The van der Waals surface area contributed by atoms with Crippen molar-refractivity contribution in [2.24, 2.45) is 5.41 Å². The van der Waals surface area contributed by atoms with Gasteiger partial charge in [0.25, 0.3) is 23.6 Å². The number of amides is 4. The molecule has 0 saturated carbocycles. The minimum absolute atomic E-state index is 0.250. The van der Waals surface area contributed by atoms with Crippen LogP contribution in [0.25, 0.3) is 0 Å². The van der Waals surface area contributed by atoms with E-state index in [1.807, 2.05) is 0 Å². The third-order valence-electron chi connectivity index (χ3n) is 6.93. The summed E-state index contributed by atoms with van der Waals surface area (Å²) in [7, 11) is 4.20. The number of hydrogen-bond acceptors (Lipinski definition) is 12. The van der Waals surface area contributed by atoms with Gasteiger partial charge in [-0.15, -0.1) is 23.2 Å². The lowest BCUT2D eigenvalue weighted by molar-refractivity contribution is -0.135. The van der Waals surface area contributed by atoms with Crippen molar-refractivity contribution >= 4 is 82.1 Å². The number of anilines is 2. The quantitative estimate of drug-likeness (QED) is 0.147. The second kappa shape index (κ2) is 11.5. The Morgan fingerprint density at radius 3 is 1.19 bits per heavy atom. The Kier molecular flexibility index (Phi) is 8.29. The third kappa shape index (κ3) is 4.49. The predicted octanol–water partition coefficient (Wildman–Crippen LogP) is 1.48. The molecule has 2 aliphatic heterocycles. The average Bonchev–Trinajstić information content (AvgIpc) is 3.35. The maximum absolute atomic E-state index is 13.9. The molecule has 2 aromatic rings. The number of hydrogen-bond donors (Lipinski definition) is 0. The van der Waals surface area contributed by atoms with Gasteiger partial charge in [0, 0.05) is 0 Å². The number of benzene rings is 2. The summed E-state index contributed by atoms with van der Waals surface area (Å²) in [5, 5.41) is -4.00. The van der Waals surface area contributed by atoms with Crippen molar-refractivity contribution in [1.82, 2.24) is 0 Å². The smallest absolute Gasteiger partial charge is 0.338 e. The van der Waals surface area contributed by atoms with E-state index < -0.39 is 63.7 Å². The summed E-state index contributed by atoms with van der Waals surface area (Å²) in [4.78, 5) is 105. The molecular formula is C27H20Cl2N2O12. The maximum Gasteiger partial charge on any atom is 0.338 e. The summed E-state index contributed by atoms with van der Waals surface area (Å²) in [6.45, 7) is 0. The molecule has 2 aliphatic rings. The van der Waals surface area contributed by atoms with E-state index in [0.29, 0.717) is 9.80 Å². The van der Waals surface area contributed by atoms with Gasteiger partial charge in [0.15, 0.2) is 5.41 Å². The largest absolute Gasteiger partial charge is 0.465 e. The molecule has 3 atom stereocenters. The van der Waals surface area contributed by atoms with Gasteiger partial charge in [-0.25, -0.2) is 29.0 Å². The Hall–Kier alpha value is -4.82. The number of nitrogens with zero attached hydrogens (tertiary/aromatic N) is 2. The number of halogens is 2. The molecule has 1 spiro atoms. The van der Waals surface area contributed by atoms with Gasteiger partial charge in [0.2, 0.25) is 0 Å². The molecule has 0 N–H and O–H groups in total. The molecular weight excluding hydrogens is 615 g/mol. The fraction of sp³-hybridized carbons (Fsp3) is 0.259. The molecule has 2 heterocycles. The minimum Gasteiger partial charge on any atom is -0.465 e. The van der Waals surface area contributed by atoms with Crippen LogP contribution in [-0.4, -0.2) is 86.7 Å². The first-order valence-corrected chi connectivity index (χ1v) is 12.9. The summed E-state index contributed by atoms with van der Waals surface area (Å²) in [5.41, 5.74) is -4.49. The zero-order valence-electron chi connectivity index (χ0n) is 22.7. The van der Waals surface area contributed by atoms with E-state index >= 15 is 0 Å². The second-order valence-electron chi connectivity index (χ2n) is 8.98. The second-order valence-corrected chi connectivity index (χ2v) is 9.85. The Balaban J connectivity index is 1.83. The van der Waals surface area contributed by atoms with Crippen LogP contribution in [-0.2, 0) is 38.1 Å². The van der Waals surface area contributed by atoms with E-state index in [1.54, 1.807) is 0 Å². The Morgan fingerprint density at radius 1 is 0.581 bits per heavy atom. The van der Waals surface area contributed by atoms with Crippen LogP contribution in [0.2, 0.25) is 0 Å². The van der Waals surface area contributed by atoms with E-state index in [-0.39, 0.29) is 33.6 Å². The number of methoxy groups -OCH3 is 4. The van der Waals surface area contributed by atoms with Crippen LogP contribution in [0, 0.1) is 5.41 Å². The van der Waals surface area contributed by atoms with Gasteiger partial charge < -0.3 is 18.9 Å². The number of alkyl halides is 2. The lowest BCUT2D eigenvalue weighted by Crippen LogP contribution is -2.48. The van der Waals surface area contributed by atoms with Gasteiger partial charge in [0.05, 0.1) is 62.1 Å². The monoisotopic (exact) mass is 634 g/mol. The normalized spacial score (nSPS) is 21.3. The van der Waals surface area contributed by atoms with Crippen molar-refractivity contribution in [3.8, 4) is 0 Å². The molecule has 4 amide bonds. The first-order valence-electron chi connectivity index (χ1n) is 12.0. The zero-order chi connectivity index (χ0) is 32.0. The fourth-order valence-electron chi connectivity index (χ4n) is 4.81. The van der Waals surface area contributed by atoms with Crippen LogP contribution in [0.3, 0.4) is 0 Å². The number of ether oxygens (including phenoxy) is 4. The molecule has 16 heteroatoms. The fourth-order valence-corrected chi connectivity index (χ4v) is 5.69. The van der Waals surface area contributed by atoms with Gasteiger partial charge in [-0.3, -0.25) is 19.2 Å². The summed E-state index contributed by atoms with van der Waals surface area (Å²) >= 11 is 12.8. The van der Waals surface area contributed by atoms with Crippen LogP contribution < -0.4 is 9.80 Å². The Morgan fingerprint density at radius 2 is 0.884 bits per heavy atom. The molecule has 0 radical (unpaired) electrons. The number of carbonyl (C=O) groups excluding carboxylic acids is 8. The molecule has 14 nitrogen and oxygen atoms in total. The number of rotatable bonds is 6. The highest BCUT2D eigenvalue weighted by molar-refractivity contribution is 6.55. The molecule has 43 heavy (non-hydrogen) atoms. The first-order chi connectivity index (χ1) is 20.3. The van der Waals surface area contributed by atoms with Gasteiger partial charge >= 0.3 is 23.9 Å². The minimum atomic E-state index is -2.66. The maximum atomic E-state index is 13.9. The van der Waals surface area contributed by atoms with E-state index in [1.165, 1.54) is 0 Å². The van der Waals surface area contributed by atoms with Crippen molar-refractivity contribution in [2.75, 3.05) is 38.2 Å². The highest BCUT2D eigenvalue weighted by Crippen LogP contribution is 2.50. The molecule has 0 aliphatic carbocycles. The molecule has 0 aromatic heterocycles. The van der Waals surface area contributed by atoms with Crippen LogP contribution in [0.5, 0.6) is 0 Å². The van der Waals surface area contributed by atoms with Gasteiger partial charge in [-0.1, -0.05) is 0 Å². The highest BCUT2D eigenvalue weighted by atomic mass is 35.5. The zero-order valence-corrected chi connectivity index (χ0v) is 24.2. The first kappa shape index (κ1) is 31.1. The molecule has 2 saturated heterocycles. The standard InChI is InChI=1S/C27H20Cl2N2O12/c1-40-21(34)13-7-5-11(9-15(13)23(36)42-3)30-19(32)17(28)27(25(30)38)18(29)20(33)31(26(27)39)12-6-8-14(22(35)41-2)16(10-12)24(37)43-4/h5-10,17-18H,1-4H3/t17-,18?,27?/m0/s1. The number of esters is 4.